The molecule has 0 bridgehead atoms. The molecule has 0 saturated carbocycles. The third-order valence-corrected chi connectivity index (χ3v) is 3.25. The fourth-order valence-corrected chi connectivity index (χ4v) is 2.09. The summed E-state index contributed by atoms with van der Waals surface area (Å²) in [6.45, 7) is 8.57. The molecule has 1 unspecified atom stereocenters. The highest BCUT2D eigenvalue weighted by molar-refractivity contribution is 4.55. The molecule has 1 atom stereocenters. The Balaban J connectivity index is 3.02. The Bertz CT molecular complexity index is 107. The van der Waals surface area contributed by atoms with Gasteiger partial charge in [-0.05, 0) is 5.92 Å². The maximum absolute atomic E-state index is 3.90. The Hall–Kier alpha value is 0. The lowest BCUT2D eigenvalue weighted by molar-refractivity contribution is 0.444. The third-order valence-electron chi connectivity index (χ3n) is 3.25. The lowest BCUT2D eigenvalue weighted by Crippen LogP contribution is -1.94. The van der Waals surface area contributed by atoms with E-state index in [-0.39, 0.29) is 0 Å². The largest absolute Gasteiger partial charge is 0.0654 e. The van der Waals surface area contributed by atoms with Crippen molar-refractivity contribution < 1.29 is 0 Å². The Morgan fingerprint density at radius 1 is 0.800 bits per heavy atom. The number of hydrogen-bond donors (Lipinski definition) is 0. The molecule has 0 N–H and O–H groups in total. The maximum Gasteiger partial charge on any atom is -0.0443 e. The highest BCUT2D eigenvalue weighted by atomic mass is 14.1. The van der Waals surface area contributed by atoms with E-state index in [0.717, 1.165) is 12.3 Å². The van der Waals surface area contributed by atoms with E-state index in [0.29, 0.717) is 0 Å². The molecule has 0 aliphatic rings. The first-order chi connectivity index (χ1) is 7.31. The van der Waals surface area contributed by atoms with Crippen LogP contribution in [0.25, 0.3) is 0 Å². The van der Waals surface area contributed by atoms with Crippen LogP contribution >= 0.6 is 0 Å². The van der Waals surface area contributed by atoms with Crippen molar-refractivity contribution >= 4 is 0 Å². The molecule has 0 aromatic heterocycles. The summed E-state index contributed by atoms with van der Waals surface area (Å²) in [4.78, 5) is 0. The minimum atomic E-state index is 0.933. The predicted octanol–water partition coefficient (Wildman–Crippen LogP) is 5.77. The van der Waals surface area contributed by atoms with Gasteiger partial charge in [-0.15, -0.1) is 0 Å². The average Bonchev–Trinajstić information content (AvgIpc) is 2.25. The minimum Gasteiger partial charge on any atom is -0.0654 e. The van der Waals surface area contributed by atoms with Crippen molar-refractivity contribution in [1.29, 1.82) is 0 Å². The minimum absolute atomic E-state index is 0.933. The summed E-state index contributed by atoms with van der Waals surface area (Å²) in [5.41, 5.74) is 0. The van der Waals surface area contributed by atoms with Crippen LogP contribution in [-0.2, 0) is 0 Å². The van der Waals surface area contributed by atoms with Crippen LogP contribution in [0.2, 0.25) is 0 Å². The number of hydrogen-bond acceptors (Lipinski definition) is 0. The Kier molecular flexibility index (Phi) is 12.1. The number of rotatable bonds is 11. The molecule has 0 rings (SSSR count). The van der Waals surface area contributed by atoms with Crippen molar-refractivity contribution in [1.82, 2.24) is 0 Å². The van der Waals surface area contributed by atoms with Crippen molar-refractivity contribution in [2.24, 2.45) is 5.92 Å². The molecule has 0 spiro atoms. The van der Waals surface area contributed by atoms with Crippen molar-refractivity contribution in [3.63, 3.8) is 0 Å². The highest BCUT2D eigenvalue weighted by Crippen LogP contribution is 2.16. The lowest BCUT2D eigenvalue weighted by atomic mass is 9.97. The van der Waals surface area contributed by atoms with Gasteiger partial charge in [0.15, 0.2) is 0 Å². The van der Waals surface area contributed by atoms with Gasteiger partial charge in [-0.25, -0.2) is 0 Å². The average molecular weight is 211 g/mol. The van der Waals surface area contributed by atoms with Gasteiger partial charge in [0.2, 0.25) is 0 Å². The van der Waals surface area contributed by atoms with E-state index >= 15 is 0 Å². The molecule has 0 heteroatoms. The van der Waals surface area contributed by atoms with E-state index in [9.17, 15) is 0 Å². The summed E-state index contributed by atoms with van der Waals surface area (Å²) < 4.78 is 0. The van der Waals surface area contributed by atoms with Crippen LogP contribution in [0.4, 0.5) is 0 Å². The Morgan fingerprint density at radius 2 is 1.33 bits per heavy atom. The van der Waals surface area contributed by atoms with E-state index in [1.807, 2.05) is 0 Å². The molecule has 91 valence electrons. The topological polar surface area (TPSA) is 0 Å². The van der Waals surface area contributed by atoms with E-state index in [4.69, 9.17) is 0 Å². The van der Waals surface area contributed by atoms with Crippen LogP contribution in [0.3, 0.4) is 0 Å². The van der Waals surface area contributed by atoms with E-state index in [1.54, 1.807) is 0 Å². The van der Waals surface area contributed by atoms with E-state index < -0.39 is 0 Å². The molecule has 0 aromatic carbocycles. The van der Waals surface area contributed by atoms with Crippen molar-refractivity contribution in [3.8, 4) is 0 Å². The smallest absolute Gasteiger partial charge is 0.0443 e. The van der Waals surface area contributed by atoms with Crippen LogP contribution < -0.4 is 0 Å². The Labute approximate surface area is 97.8 Å². The molecule has 0 fully saturated rings. The molecule has 0 nitrogen and oxygen atoms in total. The molecular weight excluding hydrogens is 180 g/mol. The van der Waals surface area contributed by atoms with Crippen molar-refractivity contribution in [3.05, 3.63) is 6.92 Å². The van der Waals surface area contributed by atoms with Crippen LogP contribution in [-0.4, -0.2) is 0 Å². The van der Waals surface area contributed by atoms with Crippen molar-refractivity contribution in [2.75, 3.05) is 0 Å². The van der Waals surface area contributed by atoms with Crippen LogP contribution in [0, 0.1) is 12.8 Å². The molecule has 0 amide bonds. The zero-order valence-corrected chi connectivity index (χ0v) is 11.1. The first kappa shape index (κ1) is 15.0. The van der Waals surface area contributed by atoms with Crippen LogP contribution in [0.5, 0.6) is 0 Å². The van der Waals surface area contributed by atoms with Gasteiger partial charge >= 0.3 is 0 Å². The van der Waals surface area contributed by atoms with Gasteiger partial charge in [0.05, 0.1) is 0 Å². The molecule has 0 aromatic rings. The first-order valence-corrected chi connectivity index (χ1v) is 7.10. The fourth-order valence-electron chi connectivity index (χ4n) is 2.09. The van der Waals surface area contributed by atoms with Crippen LogP contribution in [0.1, 0.15) is 84.5 Å². The number of unbranched alkanes of at least 4 members (excludes halogenated alkanes) is 7. The maximum atomic E-state index is 3.90. The zero-order valence-electron chi connectivity index (χ0n) is 11.1. The molecule has 1 radical (unpaired) electrons. The van der Waals surface area contributed by atoms with E-state index in [2.05, 4.69) is 20.8 Å². The second kappa shape index (κ2) is 12.1. The normalized spacial score (nSPS) is 13.0. The summed E-state index contributed by atoms with van der Waals surface area (Å²) in [6.07, 6.45) is 15.3. The van der Waals surface area contributed by atoms with Gasteiger partial charge < -0.3 is 0 Å². The molecule has 15 heavy (non-hydrogen) atoms. The van der Waals surface area contributed by atoms with Gasteiger partial charge in [0, 0.05) is 0 Å². The molecule has 0 saturated heterocycles. The van der Waals surface area contributed by atoms with Gasteiger partial charge in [-0.2, -0.15) is 0 Å². The quantitative estimate of drug-likeness (QED) is 0.381. The molecular formula is C15H31. The predicted molar refractivity (Wildman–Crippen MR) is 71.0 cm³/mol. The highest BCUT2D eigenvalue weighted by Gasteiger charge is 2.00. The summed E-state index contributed by atoms with van der Waals surface area (Å²) >= 11 is 0. The monoisotopic (exact) mass is 211 g/mol. The SMILES string of the molecule is [CH2]CCCC(C)CCCCCCCCC. The van der Waals surface area contributed by atoms with E-state index in [1.165, 1.54) is 64.2 Å². The molecule has 0 heterocycles. The van der Waals surface area contributed by atoms with Crippen LogP contribution in [0.15, 0.2) is 0 Å². The molecule has 0 aliphatic carbocycles. The lowest BCUT2D eigenvalue weighted by Gasteiger charge is -2.09. The zero-order chi connectivity index (χ0) is 11.4. The van der Waals surface area contributed by atoms with Gasteiger partial charge in [-0.3, -0.25) is 0 Å². The second-order valence-electron chi connectivity index (χ2n) is 5.01. The first-order valence-electron chi connectivity index (χ1n) is 7.10. The Morgan fingerprint density at radius 3 is 1.93 bits per heavy atom. The molecule has 0 aliphatic heterocycles. The summed E-state index contributed by atoms with van der Waals surface area (Å²) in [5, 5.41) is 0. The summed E-state index contributed by atoms with van der Waals surface area (Å²) in [6, 6.07) is 0. The summed E-state index contributed by atoms with van der Waals surface area (Å²) in [7, 11) is 0. The van der Waals surface area contributed by atoms with Gasteiger partial charge in [0.1, 0.15) is 0 Å². The summed E-state index contributed by atoms with van der Waals surface area (Å²) in [5.74, 6) is 0.933. The second-order valence-corrected chi connectivity index (χ2v) is 5.01. The van der Waals surface area contributed by atoms with Crippen molar-refractivity contribution in [2.45, 2.75) is 84.5 Å². The standard InChI is InChI=1S/C15H31/c1-4-6-8-9-10-11-12-14-15(3)13-7-5-2/h15H,2,4-14H2,1,3H3. The van der Waals surface area contributed by atoms with Gasteiger partial charge in [0.25, 0.3) is 0 Å². The van der Waals surface area contributed by atoms with Gasteiger partial charge in [-0.1, -0.05) is 91.4 Å². The third kappa shape index (κ3) is 11.9. The fraction of sp³-hybridized carbons (Fsp3) is 0.933.